The van der Waals surface area contributed by atoms with E-state index >= 15 is 0 Å². The average molecular weight is 535 g/mol. The van der Waals surface area contributed by atoms with Crippen molar-refractivity contribution >= 4 is 27.2 Å². The summed E-state index contributed by atoms with van der Waals surface area (Å²) in [5.41, 5.74) is 2.27. The molecule has 0 spiro atoms. The number of carboxylic acids is 1. The van der Waals surface area contributed by atoms with E-state index in [4.69, 9.17) is 0 Å². The first-order chi connectivity index (χ1) is 17.6. The largest absolute Gasteiger partial charge is 0.480 e. The van der Waals surface area contributed by atoms with E-state index in [0.29, 0.717) is 17.8 Å². The first kappa shape index (κ1) is 29.1. The molecule has 0 unspecified atom stereocenters. The predicted octanol–water partition coefficient (Wildman–Crippen LogP) is 4.96. The minimum absolute atomic E-state index is 0.0228. The summed E-state index contributed by atoms with van der Waals surface area (Å²) < 4.78 is 41.8. The molecule has 1 atom stereocenters. The average Bonchev–Trinajstić information content (AvgIpc) is 2.94. The topological polar surface area (TPSA) is 107 Å². The number of unbranched alkanes of at least 4 members (excludes halogenated alkanes) is 2. The fourth-order valence-corrected chi connectivity index (χ4v) is 7.31. The normalized spacial score (nSPS) is 17.2. The number of carboxylic acid groups (broad SMARTS) is 1. The van der Waals surface area contributed by atoms with E-state index in [1.807, 2.05) is 17.9 Å². The van der Waals surface area contributed by atoms with Crippen molar-refractivity contribution in [2.45, 2.75) is 76.8 Å². The fraction of sp³-hybridized carbons (Fsp3) is 0.536. The third-order valence-electron chi connectivity index (χ3n) is 7.31. The Kier molecular flexibility index (Phi) is 9.72. The van der Waals surface area contributed by atoms with Gasteiger partial charge in [-0.15, -0.1) is 0 Å². The summed E-state index contributed by atoms with van der Waals surface area (Å²) in [7, 11) is -3.70. The van der Waals surface area contributed by atoms with Crippen LogP contribution in [0.4, 0.5) is 15.8 Å². The lowest BCUT2D eigenvalue weighted by Crippen LogP contribution is -2.39. The Bertz CT molecular complexity index is 1180. The van der Waals surface area contributed by atoms with E-state index in [1.165, 1.54) is 12.1 Å². The van der Waals surface area contributed by atoms with E-state index in [0.717, 1.165) is 49.8 Å². The van der Waals surface area contributed by atoms with Crippen molar-refractivity contribution < 1.29 is 27.8 Å². The number of rotatable bonds is 12. The van der Waals surface area contributed by atoms with Gasteiger partial charge in [-0.3, -0.25) is 10.1 Å². The molecule has 0 radical (unpaired) electrons. The van der Waals surface area contributed by atoms with E-state index in [-0.39, 0.29) is 23.0 Å². The van der Waals surface area contributed by atoms with Crippen LogP contribution in [-0.2, 0) is 21.2 Å². The van der Waals surface area contributed by atoms with Gasteiger partial charge in [0.2, 0.25) is 0 Å². The van der Waals surface area contributed by atoms with Gasteiger partial charge in [-0.2, -0.15) is 0 Å². The third-order valence-corrected chi connectivity index (χ3v) is 9.30. The summed E-state index contributed by atoms with van der Waals surface area (Å²) in [5.74, 6) is -1.51. The molecule has 1 aliphatic rings. The lowest BCUT2D eigenvalue weighted by molar-refractivity contribution is -0.140. The second kappa shape index (κ2) is 12.4. The number of fused-ring (bicyclic) bond motifs is 1. The van der Waals surface area contributed by atoms with Crippen LogP contribution in [0, 0.1) is 18.2 Å². The zero-order valence-corrected chi connectivity index (χ0v) is 22.8. The van der Waals surface area contributed by atoms with Crippen molar-refractivity contribution in [2.75, 3.05) is 23.8 Å². The lowest BCUT2D eigenvalue weighted by Gasteiger charge is -2.37. The van der Waals surface area contributed by atoms with Gasteiger partial charge >= 0.3 is 5.97 Å². The summed E-state index contributed by atoms with van der Waals surface area (Å²) in [6.07, 6.45) is 5.30. The maximum absolute atomic E-state index is 14.0. The zero-order chi connectivity index (χ0) is 27.2. The molecule has 1 heterocycles. The molecule has 0 saturated carbocycles. The number of hydrogen-bond acceptors (Lipinski definition) is 6. The van der Waals surface area contributed by atoms with Gasteiger partial charge < -0.3 is 15.1 Å². The first-order valence-corrected chi connectivity index (χ1v) is 14.7. The first-order valence-electron chi connectivity index (χ1n) is 13.0. The van der Waals surface area contributed by atoms with Crippen LogP contribution in [0.1, 0.15) is 63.5 Å². The van der Waals surface area contributed by atoms with Gasteiger partial charge in [-0.25, -0.2) is 12.8 Å². The number of anilines is 2. The summed E-state index contributed by atoms with van der Waals surface area (Å²) >= 11 is 0. The molecule has 204 valence electrons. The highest BCUT2D eigenvalue weighted by Gasteiger charge is 2.42. The zero-order valence-electron chi connectivity index (χ0n) is 22.0. The molecule has 3 rings (SSSR count). The molecule has 7 nitrogen and oxygen atoms in total. The van der Waals surface area contributed by atoms with Crippen LogP contribution >= 0.6 is 0 Å². The minimum atomic E-state index is -3.70. The minimum Gasteiger partial charge on any atom is -0.480 e. The van der Waals surface area contributed by atoms with Crippen LogP contribution < -0.4 is 10.2 Å². The number of nitrogens with zero attached hydrogens (tertiary/aromatic N) is 1. The number of benzene rings is 2. The van der Waals surface area contributed by atoms with Gasteiger partial charge in [0.1, 0.15) is 11.9 Å². The smallest absolute Gasteiger partial charge is 0.323 e. The van der Waals surface area contributed by atoms with Gasteiger partial charge in [0.05, 0.1) is 22.9 Å². The van der Waals surface area contributed by atoms with Crippen molar-refractivity contribution in [3.8, 4) is 0 Å². The van der Waals surface area contributed by atoms with Gasteiger partial charge in [0, 0.05) is 24.2 Å². The van der Waals surface area contributed by atoms with Crippen molar-refractivity contribution in [1.29, 1.82) is 0 Å². The molecule has 9 heteroatoms. The third kappa shape index (κ3) is 6.89. The predicted molar refractivity (Wildman–Crippen MR) is 143 cm³/mol. The summed E-state index contributed by atoms with van der Waals surface area (Å²) in [6.45, 7) is 6.09. The Balaban J connectivity index is 2.16. The number of halogens is 1. The van der Waals surface area contributed by atoms with Gasteiger partial charge in [0.15, 0.2) is 9.84 Å². The molecular formula is C28H39FN2O5S. The maximum Gasteiger partial charge on any atom is 0.323 e. The van der Waals surface area contributed by atoms with E-state index in [2.05, 4.69) is 19.2 Å². The lowest BCUT2D eigenvalue weighted by atomic mass is 9.79. The Morgan fingerprint density at radius 2 is 1.76 bits per heavy atom. The monoisotopic (exact) mass is 534 g/mol. The summed E-state index contributed by atoms with van der Waals surface area (Å²) in [6, 6.07) is 8.46. The van der Waals surface area contributed by atoms with Crippen LogP contribution in [0.5, 0.6) is 0 Å². The van der Waals surface area contributed by atoms with Gasteiger partial charge in [-0.05, 0) is 67.3 Å². The van der Waals surface area contributed by atoms with Crippen molar-refractivity contribution in [2.24, 2.45) is 5.41 Å². The molecule has 37 heavy (non-hydrogen) atoms. The van der Waals surface area contributed by atoms with Crippen LogP contribution in [0.3, 0.4) is 0 Å². The molecule has 0 aromatic heterocycles. The number of aliphatic hydroxyl groups excluding tert-OH is 1. The highest BCUT2D eigenvalue weighted by Crippen LogP contribution is 2.45. The second-order valence-electron chi connectivity index (χ2n) is 10.2. The maximum atomic E-state index is 14.0. The number of aryl methyl sites for hydroxylation is 1. The molecular weight excluding hydrogens is 495 g/mol. The Morgan fingerprint density at radius 1 is 1.14 bits per heavy atom. The number of hydrogen-bond donors (Lipinski definition) is 3. The van der Waals surface area contributed by atoms with Crippen LogP contribution in [0.25, 0.3) is 0 Å². The van der Waals surface area contributed by atoms with Gasteiger partial charge in [-0.1, -0.05) is 39.5 Å². The second-order valence-corrected chi connectivity index (χ2v) is 12.2. The molecule has 0 aliphatic carbocycles. The highest BCUT2D eigenvalue weighted by atomic mass is 32.2. The van der Waals surface area contributed by atoms with E-state index in [1.54, 1.807) is 18.2 Å². The quantitative estimate of drug-likeness (QED) is 0.353. The number of aliphatic carboxylic acids is 1. The van der Waals surface area contributed by atoms with Crippen LogP contribution in [-0.4, -0.2) is 49.5 Å². The molecule has 0 saturated heterocycles. The van der Waals surface area contributed by atoms with Crippen LogP contribution in [0.2, 0.25) is 0 Å². The Labute approximate surface area is 219 Å². The standard InChI is InChI=1S/C28H39FN2O5S/c1-4-6-12-28(13-7-5-2)18-31(23-10-8-22(29)9-11-23)25-14-20(3)21(15-26(25)37(35,36)19-28)16-30-24(17-32)27(33)34/h8-11,14-15,24,30,32H,4-7,12-13,16-19H2,1-3H3,(H,33,34)/t24-/m0/s1. The van der Waals surface area contributed by atoms with Gasteiger partial charge in [0.25, 0.3) is 0 Å². The van der Waals surface area contributed by atoms with Crippen LogP contribution in [0.15, 0.2) is 41.3 Å². The summed E-state index contributed by atoms with van der Waals surface area (Å²) in [4.78, 5) is 13.5. The number of nitrogens with one attached hydrogen (secondary N) is 1. The molecule has 1 aliphatic heterocycles. The molecule has 0 bridgehead atoms. The SMILES string of the molecule is CCCCC1(CCCC)CN(c2ccc(F)cc2)c2cc(C)c(CN[C@@H](CO)C(=O)O)cc2S(=O)(=O)C1. The number of sulfone groups is 1. The molecule has 0 fully saturated rings. The number of carbonyl (C=O) groups is 1. The summed E-state index contributed by atoms with van der Waals surface area (Å²) in [5, 5.41) is 21.4. The molecule has 2 aromatic carbocycles. The molecule has 3 N–H and O–H groups in total. The van der Waals surface area contributed by atoms with Crippen molar-refractivity contribution in [1.82, 2.24) is 5.32 Å². The highest BCUT2D eigenvalue weighted by molar-refractivity contribution is 7.91. The molecule has 2 aromatic rings. The Morgan fingerprint density at radius 3 is 2.30 bits per heavy atom. The van der Waals surface area contributed by atoms with Crippen molar-refractivity contribution in [3.63, 3.8) is 0 Å². The van der Waals surface area contributed by atoms with E-state index < -0.39 is 33.9 Å². The van der Waals surface area contributed by atoms with E-state index in [9.17, 15) is 27.8 Å². The fourth-order valence-electron chi connectivity index (χ4n) is 5.16. The number of aliphatic hydroxyl groups is 1. The van der Waals surface area contributed by atoms with Crippen molar-refractivity contribution in [3.05, 3.63) is 53.3 Å². The Hall–Kier alpha value is -2.49. The molecule has 0 amide bonds.